The Hall–Kier alpha value is -1.87. The minimum absolute atomic E-state index is 0.105. The third-order valence-electron chi connectivity index (χ3n) is 6.38. The van der Waals surface area contributed by atoms with Crippen LogP contribution in [0.25, 0.3) is 0 Å². The molecule has 0 amide bonds. The predicted octanol–water partition coefficient (Wildman–Crippen LogP) is 5.44. The van der Waals surface area contributed by atoms with Gasteiger partial charge in [0.25, 0.3) is 0 Å². The second kappa shape index (κ2) is 11.2. The Kier molecular flexibility index (Phi) is 9.98. The molecular weight excluding hydrogens is 453 g/mol. The van der Waals surface area contributed by atoms with Crippen LogP contribution in [0.2, 0.25) is 0 Å². The van der Waals surface area contributed by atoms with Crippen molar-refractivity contribution in [1.82, 2.24) is 0 Å². The molecule has 0 aromatic carbocycles. The van der Waals surface area contributed by atoms with Crippen molar-refractivity contribution in [3.63, 3.8) is 0 Å². The summed E-state index contributed by atoms with van der Waals surface area (Å²) in [6.07, 6.45) is 2.06. The number of carboxylic acids is 1. The Morgan fingerprint density at radius 3 is 2.12 bits per heavy atom. The minimum atomic E-state index is -4.63. The number of halogens is 3. The number of allylic oxidation sites excluding steroid dienone is 2. The van der Waals surface area contributed by atoms with Gasteiger partial charge in [0, 0.05) is 6.42 Å². The third-order valence-corrected chi connectivity index (χ3v) is 6.38. The van der Waals surface area contributed by atoms with Crippen LogP contribution in [-0.2, 0) is 19.1 Å². The van der Waals surface area contributed by atoms with Crippen molar-refractivity contribution in [3.8, 4) is 0 Å². The standard InChI is InChI=1S/C16H25F3O2.C9H14O4/c1-10(9-15(4,20)16(17,18)19)21-14(2,3)13-8-11-5-6-12(13)7-11;1-4-9(2,3)13-8(12)6-5-7(10)11/h5-6,10-13,20H,7-9H2,1-4H3;4H,1,5-6H2,2-3H3,(H,10,11). The summed E-state index contributed by atoms with van der Waals surface area (Å²) in [6, 6.07) is 0. The van der Waals surface area contributed by atoms with E-state index in [1.807, 2.05) is 13.8 Å². The Balaban J connectivity index is 0.000000385. The van der Waals surface area contributed by atoms with Gasteiger partial charge >= 0.3 is 18.1 Å². The van der Waals surface area contributed by atoms with Gasteiger partial charge in [-0.3, -0.25) is 9.59 Å². The van der Waals surface area contributed by atoms with E-state index in [0.29, 0.717) is 17.8 Å². The topological polar surface area (TPSA) is 93.1 Å². The number of carbonyl (C=O) groups is 2. The van der Waals surface area contributed by atoms with Crippen LogP contribution in [0.5, 0.6) is 0 Å². The zero-order valence-electron chi connectivity index (χ0n) is 20.9. The van der Waals surface area contributed by atoms with E-state index in [1.54, 1.807) is 20.8 Å². The van der Waals surface area contributed by atoms with Crippen molar-refractivity contribution >= 4 is 11.9 Å². The van der Waals surface area contributed by atoms with Crippen LogP contribution < -0.4 is 0 Å². The first-order valence-electron chi connectivity index (χ1n) is 11.5. The van der Waals surface area contributed by atoms with E-state index < -0.39 is 47.4 Å². The lowest BCUT2D eigenvalue weighted by Gasteiger charge is -2.39. The second-order valence-corrected chi connectivity index (χ2v) is 10.6. The van der Waals surface area contributed by atoms with Crippen molar-refractivity contribution < 1.29 is 42.4 Å². The monoisotopic (exact) mass is 492 g/mol. The van der Waals surface area contributed by atoms with E-state index in [0.717, 1.165) is 19.8 Å². The van der Waals surface area contributed by atoms with Gasteiger partial charge in [-0.2, -0.15) is 13.2 Å². The molecule has 1 fully saturated rings. The predicted molar refractivity (Wildman–Crippen MR) is 122 cm³/mol. The van der Waals surface area contributed by atoms with Gasteiger partial charge in [0.15, 0.2) is 5.60 Å². The smallest absolute Gasteiger partial charge is 0.416 e. The summed E-state index contributed by atoms with van der Waals surface area (Å²) in [5.41, 5.74) is -3.92. The Morgan fingerprint density at radius 1 is 1.12 bits per heavy atom. The number of carboxylic acid groups (broad SMARTS) is 1. The van der Waals surface area contributed by atoms with E-state index >= 15 is 0 Å². The van der Waals surface area contributed by atoms with E-state index in [1.165, 1.54) is 6.08 Å². The van der Waals surface area contributed by atoms with Crippen LogP contribution in [-0.4, -0.2) is 51.2 Å². The van der Waals surface area contributed by atoms with Crippen LogP contribution in [0.15, 0.2) is 24.8 Å². The molecule has 2 bridgehead atoms. The van der Waals surface area contributed by atoms with Gasteiger partial charge in [-0.05, 0) is 78.2 Å². The van der Waals surface area contributed by atoms with Crippen molar-refractivity contribution in [2.45, 2.75) is 103 Å². The minimum Gasteiger partial charge on any atom is -0.481 e. The molecule has 0 aromatic rings. The molecule has 0 aliphatic heterocycles. The summed E-state index contributed by atoms with van der Waals surface area (Å²) >= 11 is 0. The molecule has 0 saturated heterocycles. The maximum Gasteiger partial charge on any atom is 0.416 e. The highest BCUT2D eigenvalue weighted by molar-refractivity contribution is 5.76. The number of fused-ring (bicyclic) bond motifs is 2. The molecule has 5 atom stereocenters. The molecule has 196 valence electrons. The maximum absolute atomic E-state index is 12.7. The number of aliphatic hydroxyl groups is 1. The fourth-order valence-electron chi connectivity index (χ4n) is 4.50. The van der Waals surface area contributed by atoms with Gasteiger partial charge < -0.3 is 19.7 Å². The van der Waals surface area contributed by atoms with E-state index in [2.05, 4.69) is 18.7 Å². The van der Waals surface area contributed by atoms with Crippen molar-refractivity contribution in [1.29, 1.82) is 0 Å². The zero-order valence-corrected chi connectivity index (χ0v) is 20.9. The molecule has 6 nitrogen and oxygen atoms in total. The molecule has 5 unspecified atom stereocenters. The summed E-state index contributed by atoms with van der Waals surface area (Å²) in [4.78, 5) is 21.1. The molecule has 0 spiro atoms. The highest BCUT2D eigenvalue weighted by atomic mass is 19.4. The molecule has 2 rings (SSSR count). The Morgan fingerprint density at radius 2 is 1.71 bits per heavy atom. The molecule has 2 aliphatic rings. The number of hydrogen-bond acceptors (Lipinski definition) is 5. The van der Waals surface area contributed by atoms with Gasteiger partial charge in [0.1, 0.15) is 5.60 Å². The van der Waals surface area contributed by atoms with Crippen LogP contribution >= 0.6 is 0 Å². The zero-order chi connectivity index (χ0) is 26.5. The number of ether oxygens (including phenoxy) is 2. The van der Waals surface area contributed by atoms with Crippen molar-refractivity contribution in [2.75, 3.05) is 0 Å². The molecule has 2 aliphatic carbocycles. The molecule has 34 heavy (non-hydrogen) atoms. The molecule has 9 heteroatoms. The molecule has 1 saturated carbocycles. The van der Waals surface area contributed by atoms with Crippen molar-refractivity contribution in [3.05, 3.63) is 24.8 Å². The van der Waals surface area contributed by atoms with Crippen molar-refractivity contribution in [2.24, 2.45) is 17.8 Å². The van der Waals surface area contributed by atoms with E-state index in [9.17, 15) is 27.9 Å². The fraction of sp³-hybridized carbons (Fsp3) is 0.760. The SMILES string of the molecule is C=CC(C)(C)OC(=O)CCC(=O)O.CC(CC(C)(O)C(F)(F)F)OC(C)(C)C1CC2C=CC1C2. The van der Waals surface area contributed by atoms with Crippen LogP contribution in [0.1, 0.15) is 73.6 Å². The van der Waals surface area contributed by atoms with Gasteiger partial charge in [0.05, 0.1) is 24.5 Å². The third kappa shape index (κ3) is 9.06. The highest BCUT2D eigenvalue weighted by Gasteiger charge is 2.51. The summed E-state index contributed by atoms with van der Waals surface area (Å²) in [5.74, 6) is -0.122. The normalized spacial score (nSPS) is 24.6. The number of esters is 1. The van der Waals surface area contributed by atoms with Gasteiger partial charge in [-0.25, -0.2) is 0 Å². The van der Waals surface area contributed by atoms with Crippen LogP contribution in [0.3, 0.4) is 0 Å². The lowest BCUT2D eigenvalue weighted by atomic mass is 9.80. The largest absolute Gasteiger partial charge is 0.481 e. The number of carbonyl (C=O) groups excluding carboxylic acids is 1. The number of hydrogen-bond donors (Lipinski definition) is 2. The number of aliphatic carboxylic acids is 1. The maximum atomic E-state index is 12.7. The number of alkyl halides is 3. The summed E-state index contributed by atoms with van der Waals surface area (Å²) in [7, 11) is 0. The van der Waals surface area contributed by atoms with Gasteiger partial charge in [-0.1, -0.05) is 18.7 Å². The Bertz CT molecular complexity index is 754. The summed E-state index contributed by atoms with van der Waals surface area (Å²) < 4.78 is 49.0. The first-order valence-corrected chi connectivity index (χ1v) is 11.5. The lowest BCUT2D eigenvalue weighted by molar-refractivity contribution is -0.266. The highest BCUT2D eigenvalue weighted by Crippen LogP contribution is 2.49. The fourth-order valence-corrected chi connectivity index (χ4v) is 4.50. The molecule has 2 N–H and O–H groups in total. The van der Waals surface area contributed by atoms with Crippen LogP contribution in [0, 0.1) is 17.8 Å². The number of rotatable bonds is 10. The lowest BCUT2D eigenvalue weighted by Crippen LogP contribution is -2.47. The first-order chi connectivity index (χ1) is 15.3. The summed E-state index contributed by atoms with van der Waals surface area (Å²) in [5, 5.41) is 17.9. The average molecular weight is 493 g/mol. The molecular formula is C25H39F3O6. The molecule has 0 aromatic heterocycles. The molecule has 0 heterocycles. The van der Waals surface area contributed by atoms with E-state index in [-0.39, 0.29) is 12.8 Å². The van der Waals surface area contributed by atoms with E-state index in [4.69, 9.17) is 14.6 Å². The first kappa shape index (κ1) is 30.2. The van der Waals surface area contributed by atoms with Crippen LogP contribution in [0.4, 0.5) is 13.2 Å². The second-order valence-electron chi connectivity index (χ2n) is 10.6. The quantitative estimate of drug-likeness (QED) is 0.311. The Labute approximate surface area is 200 Å². The van der Waals surface area contributed by atoms with Gasteiger partial charge in [-0.15, -0.1) is 0 Å². The molecule has 0 radical (unpaired) electrons. The summed E-state index contributed by atoms with van der Waals surface area (Å²) in [6.45, 7) is 13.2. The average Bonchev–Trinajstić information content (AvgIpc) is 3.28. The van der Waals surface area contributed by atoms with Gasteiger partial charge in [0.2, 0.25) is 0 Å².